The molecule has 0 radical (unpaired) electrons. The molecule has 3 rings (SSSR count). The van der Waals surface area contributed by atoms with Crippen LogP contribution in [0.5, 0.6) is 0 Å². The lowest BCUT2D eigenvalue weighted by Crippen LogP contribution is -2.26. The van der Waals surface area contributed by atoms with Crippen LogP contribution in [0.25, 0.3) is 5.70 Å². The van der Waals surface area contributed by atoms with Crippen LogP contribution in [0.4, 0.5) is 0 Å². The maximum atomic E-state index is 6.30. The van der Waals surface area contributed by atoms with Gasteiger partial charge >= 0.3 is 0 Å². The summed E-state index contributed by atoms with van der Waals surface area (Å²) in [6.45, 7) is 2.00. The van der Waals surface area contributed by atoms with Gasteiger partial charge in [0.15, 0.2) is 0 Å². The topological polar surface area (TPSA) is 38.4 Å². The molecule has 0 fully saturated rings. The molecule has 0 saturated carbocycles. The Morgan fingerprint density at radius 2 is 2.05 bits per heavy atom. The van der Waals surface area contributed by atoms with Crippen molar-refractivity contribution in [2.24, 2.45) is 16.6 Å². The molecular formula is C18H19BN2. The van der Waals surface area contributed by atoms with Crippen LogP contribution in [0.15, 0.2) is 70.9 Å². The largest absolute Gasteiger partial charge is 0.397 e. The van der Waals surface area contributed by atoms with Crippen molar-refractivity contribution in [2.45, 2.75) is 13.3 Å². The summed E-state index contributed by atoms with van der Waals surface area (Å²) in [5.74, 6) is 0.313. The zero-order valence-corrected chi connectivity index (χ0v) is 12.5. The predicted octanol–water partition coefficient (Wildman–Crippen LogP) is 2.11. The van der Waals surface area contributed by atoms with Crippen molar-refractivity contribution in [3.05, 3.63) is 71.5 Å². The van der Waals surface area contributed by atoms with E-state index in [0.29, 0.717) is 5.92 Å². The molecule has 3 heteroatoms. The van der Waals surface area contributed by atoms with Gasteiger partial charge in [-0.15, -0.1) is 0 Å². The highest BCUT2D eigenvalue weighted by Gasteiger charge is 2.24. The first kappa shape index (κ1) is 13.7. The first-order valence-corrected chi connectivity index (χ1v) is 7.36. The van der Waals surface area contributed by atoms with Crippen molar-refractivity contribution in [3.8, 4) is 0 Å². The number of hydrogen-bond acceptors (Lipinski definition) is 2. The smallest absolute Gasteiger partial charge is 0.139 e. The van der Waals surface area contributed by atoms with Crippen molar-refractivity contribution < 1.29 is 0 Å². The Kier molecular flexibility index (Phi) is 3.65. The highest BCUT2D eigenvalue weighted by Crippen LogP contribution is 2.30. The van der Waals surface area contributed by atoms with E-state index in [2.05, 4.69) is 50.3 Å². The second kappa shape index (κ2) is 5.61. The van der Waals surface area contributed by atoms with Gasteiger partial charge in [-0.05, 0) is 24.5 Å². The number of hydrogen-bond donors (Lipinski definition) is 1. The molecule has 0 amide bonds. The monoisotopic (exact) mass is 274 g/mol. The van der Waals surface area contributed by atoms with E-state index < -0.39 is 0 Å². The summed E-state index contributed by atoms with van der Waals surface area (Å²) >= 11 is 0. The van der Waals surface area contributed by atoms with Crippen molar-refractivity contribution in [1.29, 1.82) is 0 Å². The van der Waals surface area contributed by atoms with Gasteiger partial charge in [-0.1, -0.05) is 60.1 Å². The van der Waals surface area contributed by atoms with E-state index in [4.69, 9.17) is 10.7 Å². The van der Waals surface area contributed by atoms with E-state index >= 15 is 0 Å². The molecule has 0 bridgehead atoms. The summed E-state index contributed by atoms with van der Waals surface area (Å²) < 4.78 is 0. The molecule has 1 aromatic rings. The predicted molar refractivity (Wildman–Crippen MR) is 93.3 cm³/mol. The van der Waals surface area contributed by atoms with Crippen LogP contribution in [0.1, 0.15) is 18.9 Å². The lowest BCUT2D eigenvalue weighted by Gasteiger charge is -2.24. The van der Waals surface area contributed by atoms with Gasteiger partial charge in [-0.3, -0.25) is 4.99 Å². The summed E-state index contributed by atoms with van der Waals surface area (Å²) in [7, 11) is 2.09. The first-order chi connectivity index (χ1) is 10.2. The normalized spacial score (nSPS) is 21.3. The van der Waals surface area contributed by atoms with E-state index in [1.54, 1.807) is 0 Å². The molecule has 1 atom stereocenters. The fraction of sp³-hybridized carbons (Fsp3) is 0.167. The van der Waals surface area contributed by atoms with Gasteiger partial charge < -0.3 is 5.73 Å². The minimum absolute atomic E-state index is 0.313. The number of nitrogens with two attached hydrogens (primary N) is 1. The van der Waals surface area contributed by atoms with Gasteiger partial charge in [0.25, 0.3) is 0 Å². The van der Waals surface area contributed by atoms with Crippen LogP contribution in [-0.2, 0) is 0 Å². The summed E-state index contributed by atoms with van der Waals surface area (Å²) in [5, 5.41) is 0. The van der Waals surface area contributed by atoms with Crippen molar-refractivity contribution >= 4 is 24.7 Å². The van der Waals surface area contributed by atoms with Crippen LogP contribution < -0.4 is 11.2 Å². The Labute approximate surface area is 126 Å². The zero-order valence-electron chi connectivity index (χ0n) is 12.5. The summed E-state index contributed by atoms with van der Waals surface area (Å²) in [5.41, 5.74) is 12.6. The first-order valence-electron chi connectivity index (χ1n) is 7.36. The molecule has 2 aliphatic rings. The van der Waals surface area contributed by atoms with Gasteiger partial charge in [0, 0.05) is 5.92 Å². The fourth-order valence-electron chi connectivity index (χ4n) is 2.73. The van der Waals surface area contributed by atoms with Crippen molar-refractivity contribution in [1.82, 2.24) is 0 Å². The van der Waals surface area contributed by atoms with Crippen molar-refractivity contribution in [2.75, 3.05) is 0 Å². The average molecular weight is 274 g/mol. The summed E-state index contributed by atoms with van der Waals surface area (Å²) in [6, 6.07) is 8.48. The molecule has 1 aliphatic heterocycles. The van der Waals surface area contributed by atoms with E-state index in [-0.39, 0.29) is 0 Å². The molecule has 2 N–H and O–H groups in total. The van der Waals surface area contributed by atoms with Crippen LogP contribution >= 0.6 is 0 Å². The summed E-state index contributed by atoms with van der Waals surface area (Å²) in [6.07, 6.45) is 11.5. The Hall–Kier alpha value is -2.29. The molecule has 104 valence electrons. The Morgan fingerprint density at radius 1 is 1.29 bits per heavy atom. The number of benzene rings is 1. The van der Waals surface area contributed by atoms with Crippen molar-refractivity contribution in [3.63, 3.8) is 0 Å². The van der Waals surface area contributed by atoms with E-state index in [0.717, 1.165) is 34.7 Å². The molecule has 0 spiro atoms. The minimum atomic E-state index is 0.313. The average Bonchev–Trinajstić information content (AvgIpc) is 2.51. The third kappa shape index (κ3) is 2.64. The number of rotatable bonds is 2. The van der Waals surface area contributed by atoms with Gasteiger partial charge in [0.1, 0.15) is 7.85 Å². The maximum absolute atomic E-state index is 6.30. The Balaban J connectivity index is 1.99. The SMILES string of the molecule is Bc1ccc(C2=CCC3C=CC(/C=C\C)=C(N)C3=N2)cc1. The third-order valence-corrected chi connectivity index (χ3v) is 3.95. The molecule has 1 aromatic carbocycles. The van der Waals surface area contributed by atoms with Gasteiger partial charge in [-0.25, -0.2) is 0 Å². The number of aliphatic imine (C=N–C) groups is 1. The Bertz CT molecular complexity index is 703. The molecule has 21 heavy (non-hydrogen) atoms. The zero-order chi connectivity index (χ0) is 14.8. The number of allylic oxidation sites excluding steroid dienone is 7. The lowest BCUT2D eigenvalue weighted by molar-refractivity contribution is 0.853. The van der Waals surface area contributed by atoms with Gasteiger partial charge in [-0.2, -0.15) is 0 Å². The highest BCUT2D eigenvalue weighted by atomic mass is 14.8. The van der Waals surface area contributed by atoms with Crippen LogP contribution in [-0.4, -0.2) is 13.6 Å². The quantitative estimate of drug-likeness (QED) is 0.824. The van der Waals surface area contributed by atoms with E-state index in [1.165, 1.54) is 5.46 Å². The molecule has 1 unspecified atom stereocenters. The second-order valence-corrected chi connectivity index (χ2v) is 5.52. The van der Waals surface area contributed by atoms with E-state index in [9.17, 15) is 0 Å². The molecule has 0 saturated heterocycles. The van der Waals surface area contributed by atoms with E-state index in [1.807, 2.05) is 19.1 Å². The summed E-state index contributed by atoms with van der Waals surface area (Å²) in [4.78, 5) is 4.83. The second-order valence-electron chi connectivity index (χ2n) is 5.52. The molecule has 1 aliphatic carbocycles. The number of fused-ring (bicyclic) bond motifs is 1. The minimum Gasteiger partial charge on any atom is -0.397 e. The third-order valence-electron chi connectivity index (χ3n) is 3.95. The lowest BCUT2D eigenvalue weighted by atomic mass is 9.86. The van der Waals surface area contributed by atoms with Crippen LogP contribution in [0.3, 0.4) is 0 Å². The van der Waals surface area contributed by atoms with Gasteiger partial charge in [0.05, 0.1) is 17.1 Å². The standard InChI is InChI=1S/C18H19BN2/c1-2-3-13-4-5-14-8-11-16(21-18(14)17(13)20)12-6-9-15(19)10-7-12/h2-7,9-11,14H,8,19-20H2,1H3/b3-2-. The maximum Gasteiger partial charge on any atom is 0.139 e. The fourth-order valence-corrected chi connectivity index (χ4v) is 2.73. The molecular weight excluding hydrogens is 255 g/mol. The molecule has 1 heterocycles. The Morgan fingerprint density at radius 3 is 2.76 bits per heavy atom. The molecule has 2 nitrogen and oxygen atoms in total. The van der Waals surface area contributed by atoms with Crippen LogP contribution in [0.2, 0.25) is 0 Å². The van der Waals surface area contributed by atoms with Crippen LogP contribution in [0, 0.1) is 5.92 Å². The molecule has 0 aromatic heterocycles. The highest BCUT2D eigenvalue weighted by molar-refractivity contribution is 6.32. The van der Waals surface area contributed by atoms with Gasteiger partial charge in [0.2, 0.25) is 0 Å². The number of nitrogens with zero attached hydrogens (tertiary/aromatic N) is 1.